The molecule has 0 atom stereocenters. The van der Waals surface area contributed by atoms with Crippen LogP contribution in [0.1, 0.15) is 100.0 Å². The average molecular weight is 580 g/mol. The summed E-state index contributed by atoms with van der Waals surface area (Å²) in [5, 5.41) is 7.97. The van der Waals surface area contributed by atoms with Crippen molar-refractivity contribution in [2.45, 2.75) is 91.9 Å². The van der Waals surface area contributed by atoms with Crippen LogP contribution < -0.4 is 10.1 Å². The van der Waals surface area contributed by atoms with Gasteiger partial charge in [0.15, 0.2) is 0 Å². The number of hydrogen-bond donors (Lipinski definition) is 1. The molecule has 0 saturated heterocycles. The number of aromatic nitrogens is 2. The van der Waals surface area contributed by atoms with E-state index >= 15 is 0 Å². The van der Waals surface area contributed by atoms with Crippen molar-refractivity contribution in [3.05, 3.63) is 101 Å². The second kappa shape index (κ2) is 13.6. The van der Waals surface area contributed by atoms with Crippen molar-refractivity contribution in [3.63, 3.8) is 0 Å². The molecule has 1 heterocycles. The summed E-state index contributed by atoms with van der Waals surface area (Å²) in [5.41, 5.74) is 8.24. The molecule has 228 valence electrons. The van der Waals surface area contributed by atoms with Gasteiger partial charge in [0.05, 0.1) is 18.0 Å². The summed E-state index contributed by atoms with van der Waals surface area (Å²) in [6.45, 7) is 19.0. The van der Waals surface area contributed by atoms with Gasteiger partial charge in [0.1, 0.15) is 11.4 Å². The van der Waals surface area contributed by atoms with Crippen molar-refractivity contribution in [2.75, 3.05) is 13.2 Å². The van der Waals surface area contributed by atoms with Crippen molar-refractivity contribution in [2.24, 2.45) is 0 Å². The molecule has 5 heteroatoms. The molecule has 4 rings (SSSR count). The zero-order valence-corrected chi connectivity index (χ0v) is 27.4. The molecule has 1 amide bonds. The van der Waals surface area contributed by atoms with E-state index in [0.29, 0.717) is 18.8 Å². The average Bonchev–Trinajstić information content (AvgIpc) is 3.44. The Bertz CT molecular complexity index is 1530. The highest BCUT2D eigenvalue weighted by molar-refractivity contribution is 5.94. The Morgan fingerprint density at radius 3 is 2.26 bits per heavy atom. The minimum atomic E-state index is -0.128. The lowest BCUT2D eigenvalue weighted by molar-refractivity contribution is 0.0944. The zero-order chi connectivity index (χ0) is 31.2. The first-order valence-electron chi connectivity index (χ1n) is 15.8. The number of nitrogens with zero attached hydrogens (tertiary/aromatic N) is 2. The Labute approximate surface area is 258 Å². The molecule has 0 spiro atoms. The first-order valence-corrected chi connectivity index (χ1v) is 15.8. The number of aryl methyl sites for hydroxylation is 2. The molecular weight excluding hydrogens is 530 g/mol. The molecule has 0 radical (unpaired) electrons. The van der Waals surface area contributed by atoms with E-state index in [-0.39, 0.29) is 16.7 Å². The molecule has 0 aliphatic heterocycles. The second-order valence-electron chi connectivity index (χ2n) is 13.0. The summed E-state index contributed by atoms with van der Waals surface area (Å²) in [6, 6.07) is 24.8. The van der Waals surface area contributed by atoms with E-state index in [9.17, 15) is 4.79 Å². The van der Waals surface area contributed by atoms with E-state index in [1.165, 1.54) is 16.7 Å². The van der Waals surface area contributed by atoms with Crippen LogP contribution in [0.4, 0.5) is 0 Å². The largest absolute Gasteiger partial charge is 0.493 e. The third-order valence-electron chi connectivity index (χ3n) is 8.96. The van der Waals surface area contributed by atoms with Crippen LogP contribution in [0, 0.1) is 13.8 Å². The topological polar surface area (TPSA) is 56.1 Å². The number of unbranched alkanes of at least 4 members (excludes halogenated alkanes) is 1. The van der Waals surface area contributed by atoms with Gasteiger partial charge in [-0.3, -0.25) is 4.79 Å². The number of benzene rings is 3. The molecular formula is C38H49N3O2. The molecule has 0 fully saturated rings. The van der Waals surface area contributed by atoms with Crippen molar-refractivity contribution >= 4 is 5.91 Å². The van der Waals surface area contributed by atoms with Gasteiger partial charge in [-0.1, -0.05) is 102 Å². The van der Waals surface area contributed by atoms with Crippen LogP contribution in [0.2, 0.25) is 0 Å². The summed E-state index contributed by atoms with van der Waals surface area (Å²) in [7, 11) is 0. The quantitative estimate of drug-likeness (QED) is 0.161. The maximum Gasteiger partial charge on any atom is 0.270 e. The fraction of sp³-hybridized carbons (Fsp3) is 0.421. The third kappa shape index (κ3) is 7.57. The highest BCUT2D eigenvalue weighted by atomic mass is 16.5. The van der Waals surface area contributed by atoms with Gasteiger partial charge in [-0.2, -0.15) is 5.10 Å². The van der Waals surface area contributed by atoms with Crippen LogP contribution in [0.15, 0.2) is 72.8 Å². The van der Waals surface area contributed by atoms with E-state index in [2.05, 4.69) is 91.0 Å². The van der Waals surface area contributed by atoms with E-state index in [4.69, 9.17) is 9.84 Å². The van der Waals surface area contributed by atoms with E-state index < -0.39 is 0 Å². The van der Waals surface area contributed by atoms with Crippen LogP contribution in [0.25, 0.3) is 16.9 Å². The SMILES string of the molecule is CCC(C)(C)c1ccc(OCCCCNC(=O)c2cc(-c3ccccc3)nn2-c2ccc(C)cc2C)c(C(C)(C)CC)c1. The maximum atomic E-state index is 13.4. The van der Waals surface area contributed by atoms with Gasteiger partial charge in [-0.25, -0.2) is 4.68 Å². The Morgan fingerprint density at radius 1 is 0.860 bits per heavy atom. The number of ether oxygens (including phenoxy) is 1. The van der Waals surface area contributed by atoms with Gasteiger partial charge in [0, 0.05) is 17.7 Å². The van der Waals surface area contributed by atoms with Gasteiger partial charge >= 0.3 is 0 Å². The lowest BCUT2D eigenvalue weighted by Crippen LogP contribution is -2.27. The first-order chi connectivity index (χ1) is 20.5. The van der Waals surface area contributed by atoms with Crippen LogP contribution in [0.5, 0.6) is 5.75 Å². The predicted octanol–water partition coefficient (Wildman–Crippen LogP) is 9.12. The zero-order valence-electron chi connectivity index (χ0n) is 27.4. The van der Waals surface area contributed by atoms with Gasteiger partial charge in [-0.15, -0.1) is 0 Å². The lowest BCUT2D eigenvalue weighted by atomic mass is 9.76. The van der Waals surface area contributed by atoms with E-state index in [1.54, 1.807) is 4.68 Å². The van der Waals surface area contributed by atoms with Gasteiger partial charge in [0.2, 0.25) is 0 Å². The fourth-order valence-corrected chi connectivity index (χ4v) is 5.22. The van der Waals surface area contributed by atoms with Gasteiger partial charge < -0.3 is 10.1 Å². The molecule has 0 bridgehead atoms. The Kier molecular flexibility index (Phi) is 10.2. The van der Waals surface area contributed by atoms with Crippen molar-refractivity contribution in [1.29, 1.82) is 0 Å². The van der Waals surface area contributed by atoms with Gasteiger partial charge in [-0.05, 0) is 79.7 Å². The van der Waals surface area contributed by atoms with Crippen molar-refractivity contribution in [3.8, 4) is 22.7 Å². The minimum absolute atomic E-state index is 0.0283. The predicted molar refractivity (Wildman–Crippen MR) is 179 cm³/mol. The number of hydrogen-bond acceptors (Lipinski definition) is 3. The Hall–Kier alpha value is -3.86. The molecule has 0 unspecified atom stereocenters. The highest BCUT2D eigenvalue weighted by Crippen LogP contribution is 2.38. The number of carbonyl (C=O) groups excluding carboxylic acids is 1. The number of nitrogens with one attached hydrogen (secondary N) is 1. The van der Waals surface area contributed by atoms with E-state index in [0.717, 1.165) is 53.9 Å². The smallest absolute Gasteiger partial charge is 0.270 e. The summed E-state index contributed by atoms with van der Waals surface area (Å²) < 4.78 is 8.12. The van der Waals surface area contributed by atoms with Crippen molar-refractivity contribution < 1.29 is 9.53 Å². The standard InChI is InChI=1S/C38H49N3O2/c1-9-37(5,6)30-19-21-35(31(25-30)38(7,8)10-2)43-23-15-14-22-39-36(42)34-26-32(29-16-12-11-13-17-29)40-41(34)33-20-18-27(3)24-28(33)4/h11-13,16-21,24-26H,9-10,14-15,22-23H2,1-8H3,(H,39,42). The molecule has 4 aromatic rings. The molecule has 5 nitrogen and oxygen atoms in total. The molecule has 1 aromatic heterocycles. The summed E-state index contributed by atoms with van der Waals surface area (Å²) in [4.78, 5) is 13.4. The number of amides is 1. The number of rotatable bonds is 13. The Morgan fingerprint density at radius 2 is 1.58 bits per heavy atom. The molecule has 3 aromatic carbocycles. The second-order valence-corrected chi connectivity index (χ2v) is 13.0. The number of carbonyl (C=O) groups is 1. The van der Waals surface area contributed by atoms with Crippen LogP contribution in [-0.2, 0) is 10.8 Å². The maximum absolute atomic E-state index is 13.4. The molecule has 43 heavy (non-hydrogen) atoms. The Balaban J connectivity index is 1.41. The first kappa shape index (κ1) is 32.1. The highest BCUT2D eigenvalue weighted by Gasteiger charge is 2.26. The monoisotopic (exact) mass is 579 g/mol. The summed E-state index contributed by atoms with van der Waals surface area (Å²) in [5.74, 6) is 0.842. The van der Waals surface area contributed by atoms with E-state index in [1.807, 2.05) is 42.5 Å². The lowest BCUT2D eigenvalue weighted by Gasteiger charge is -2.30. The molecule has 0 aliphatic rings. The van der Waals surface area contributed by atoms with Crippen LogP contribution >= 0.6 is 0 Å². The summed E-state index contributed by atoms with van der Waals surface area (Å²) >= 11 is 0. The van der Waals surface area contributed by atoms with Crippen molar-refractivity contribution in [1.82, 2.24) is 15.1 Å². The third-order valence-corrected chi connectivity index (χ3v) is 8.96. The van der Waals surface area contributed by atoms with Crippen LogP contribution in [-0.4, -0.2) is 28.8 Å². The van der Waals surface area contributed by atoms with Gasteiger partial charge in [0.25, 0.3) is 5.91 Å². The normalized spacial score (nSPS) is 11.9. The molecule has 0 aliphatic carbocycles. The molecule has 0 saturated carbocycles. The fourth-order valence-electron chi connectivity index (χ4n) is 5.22. The minimum Gasteiger partial charge on any atom is -0.493 e. The summed E-state index contributed by atoms with van der Waals surface area (Å²) in [6.07, 6.45) is 3.79. The molecule has 1 N–H and O–H groups in total. The van der Waals surface area contributed by atoms with Crippen LogP contribution in [0.3, 0.4) is 0 Å².